The summed E-state index contributed by atoms with van der Waals surface area (Å²) in [7, 11) is 0. The Labute approximate surface area is 137 Å². The molecule has 2 heterocycles. The van der Waals surface area contributed by atoms with Crippen LogP contribution in [0.4, 0.5) is 0 Å². The second-order valence-corrected chi connectivity index (χ2v) is 5.95. The van der Waals surface area contributed by atoms with E-state index in [0.29, 0.717) is 6.54 Å². The van der Waals surface area contributed by atoms with E-state index < -0.39 is 6.10 Å². The number of aryl methyl sites for hydroxylation is 1. The summed E-state index contributed by atoms with van der Waals surface area (Å²) in [5.41, 5.74) is 4.15. The SMILES string of the molecule is CCN(Cc1cn2ccccc2n1)CC(O)c1ccc(C)cc1. The minimum absolute atomic E-state index is 0.479. The number of hydrogen-bond acceptors (Lipinski definition) is 3. The molecule has 0 fully saturated rings. The third-order valence-electron chi connectivity index (χ3n) is 4.14. The summed E-state index contributed by atoms with van der Waals surface area (Å²) in [6.45, 7) is 6.38. The number of likely N-dealkylation sites (N-methyl/N-ethyl adjacent to an activating group) is 1. The number of hydrogen-bond donors (Lipinski definition) is 1. The molecule has 3 rings (SSSR count). The summed E-state index contributed by atoms with van der Waals surface area (Å²) < 4.78 is 2.03. The van der Waals surface area contributed by atoms with Crippen molar-refractivity contribution in [2.24, 2.45) is 0 Å². The number of aromatic nitrogens is 2. The number of benzene rings is 1. The molecule has 0 amide bonds. The van der Waals surface area contributed by atoms with Gasteiger partial charge in [0.05, 0.1) is 11.8 Å². The van der Waals surface area contributed by atoms with Gasteiger partial charge in [-0.2, -0.15) is 0 Å². The quantitative estimate of drug-likeness (QED) is 0.760. The van der Waals surface area contributed by atoms with Crippen molar-refractivity contribution in [3.8, 4) is 0 Å². The van der Waals surface area contributed by atoms with Crippen LogP contribution in [0.15, 0.2) is 54.9 Å². The van der Waals surface area contributed by atoms with E-state index in [1.54, 1.807) is 0 Å². The van der Waals surface area contributed by atoms with E-state index in [1.807, 2.05) is 53.1 Å². The van der Waals surface area contributed by atoms with Crippen molar-refractivity contribution in [3.05, 3.63) is 71.7 Å². The summed E-state index contributed by atoms with van der Waals surface area (Å²) in [5, 5.41) is 10.5. The fourth-order valence-electron chi connectivity index (χ4n) is 2.74. The topological polar surface area (TPSA) is 40.8 Å². The van der Waals surface area contributed by atoms with Crippen molar-refractivity contribution < 1.29 is 5.11 Å². The lowest BCUT2D eigenvalue weighted by molar-refractivity contribution is 0.112. The number of aliphatic hydroxyl groups is 1. The van der Waals surface area contributed by atoms with E-state index in [-0.39, 0.29) is 0 Å². The number of fused-ring (bicyclic) bond motifs is 1. The maximum Gasteiger partial charge on any atom is 0.137 e. The van der Waals surface area contributed by atoms with Crippen molar-refractivity contribution in [2.45, 2.75) is 26.5 Å². The van der Waals surface area contributed by atoms with Crippen LogP contribution >= 0.6 is 0 Å². The molecule has 0 spiro atoms. The monoisotopic (exact) mass is 309 g/mol. The molecule has 1 unspecified atom stereocenters. The molecule has 23 heavy (non-hydrogen) atoms. The minimum atomic E-state index is -0.479. The molecule has 4 nitrogen and oxygen atoms in total. The summed E-state index contributed by atoms with van der Waals surface area (Å²) in [5.74, 6) is 0. The van der Waals surface area contributed by atoms with E-state index >= 15 is 0 Å². The van der Waals surface area contributed by atoms with Crippen molar-refractivity contribution in [1.29, 1.82) is 0 Å². The molecule has 4 heteroatoms. The summed E-state index contributed by atoms with van der Waals surface area (Å²) >= 11 is 0. The van der Waals surface area contributed by atoms with E-state index in [0.717, 1.165) is 30.0 Å². The maximum atomic E-state index is 10.5. The maximum absolute atomic E-state index is 10.5. The van der Waals surface area contributed by atoms with Gasteiger partial charge in [0, 0.05) is 25.5 Å². The smallest absolute Gasteiger partial charge is 0.137 e. The Morgan fingerprint density at radius 1 is 1.17 bits per heavy atom. The predicted octanol–water partition coefficient (Wildman–Crippen LogP) is 3.20. The van der Waals surface area contributed by atoms with Gasteiger partial charge in [0.1, 0.15) is 5.65 Å². The lowest BCUT2D eigenvalue weighted by atomic mass is 10.1. The average molecular weight is 309 g/mol. The molecular weight excluding hydrogens is 286 g/mol. The first-order chi connectivity index (χ1) is 11.2. The van der Waals surface area contributed by atoms with Gasteiger partial charge in [0.25, 0.3) is 0 Å². The minimum Gasteiger partial charge on any atom is -0.387 e. The Balaban J connectivity index is 1.68. The molecule has 0 radical (unpaired) electrons. The summed E-state index contributed by atoms with van der Waals surface area (Å²) in [6, 6.07) is 14.1. The molecule has 1 N–H and O–H groups in total. The Kier molecular flexibility index (Phi) is 4.74. The standard InChI is InChI=1S/C19H23N3O/c1-3-21(14-18(23)16-9-7-15(2)8-10-16)12-17-13-22-11-5-4-6-19(22)20-17/h4-11,13,18,23H,3,12,14H2,1-2H3. The van der Waals surface area contributed by atoms with Gasteiger partial charge in [-0.15, -0.1) is 0 Å². The van der Waals surface area contributed by atoms with Gasteiger partial charge in [-0.05, 0) is 31.2 Å². The zero-order chi connectivity index (χ0) is 16.2. The van der Waals surface area contributed by atoms with Crippen molar-refractivity contribution in [3.63, 3.8) is 0 Å². The van der Waals surface area contributed by atoms with Crippen LogP contribution < -0.4 is 0 Å². The highest BCUT2D eigenvalue weighted by Crippen LogP contribution is 2.16. The van der Waals surface area contributed by atoms with Gasteiger partial charge in [-0.3, -0.25) is 4.90 Å². The van der Waals surface area contributed by atoms with E-state index in [1.165, 1.54) is 5.56 Å². The highest BCUT2D eigenvalue weighted by molar-refractivity contribution is 5.39. The summed E-state index contributed by atoms with van der Waals surface area (Å²) in [4.78, 5) is 6.85. The third-order valence-corrected chi connectivity index (χ3v) is 4.14. The van der Waals surface area contributed by atoms with Crippen LogP contribution in [0.1, 0.15) is 29.8 Å². The normalized spacial score (nSPS) is 12.9. The van der Waals surface area contributed by atoms with Gasteiger partial charge in [-0.1, -0.05) is 42.8 Å². The van der Waals surface area contributed by atoms with Gasteiger partial charge in [0.2, 0.25) is 0 Å². The Morgan fingerprint density at radius 3 is 2.65 bits per heavy atom. The Bertz CT molecular complexity index is 731. The molecule has 0 aliphatic rings. The number of aliphatic hydroxyl groups excluding tert-OH is 1. The molecule has 1 atom stereocenters. The molecule has 120 valence electrons. The highest BCUT2D eigenvalue weighted by atomic mass is 16.3. The van der Waals surface area contributed by atoms with Gasteiger partial charge in [-0.25, -0.2) is 4.98 Å². The van der Waals surface area contributed by atoms with Crippen LogP contribution in [0, 0.1) is 6.92 Å². The van der Waals surface area contributed by atoms with Crippen molar-refractivity contribution >= 4 is 5.65 Å². The zero-order valence-corrected chi connectivity index (χ0v) is 13.7. The molecule has 0 bridgehead atoms. The van der Waals surface area contributed by atoms with Crippen LogP contribution in [0.3, 0.4) is 0 Å². The van der Waals surface area contributed by atoms with Crippen LogP contribution in [0.2, 0.25) is 0 Å². The van der Waals surface area contributed by atoms with Crippen molar-refractivity contribution in [1.82, 2.24) is 14.3 Å². The third kappa shape index (κ3) is 3.78. The molecule has 0 saturated heterocycles. The Hall–Kier alpha value is -2.17. The van der Waals surface area contributed by atoms with Crippen molar-refractivity contribution in [2.75, 3.05) is 13.1 Å². The van der Waals surface area contributed by atoms with Gasteiger partial charge in [0.15, 0.2) is 0 Å². The average Bonchev–Trinajstić information content (AvgIpc) is 2.97. The zero-order valence-electron chi connectivity index (χ0n) is 13.7. The fraction of sp³-hybridized carbons (Fsp3) is 0.316. The van der Waals surface area contributed by atoms with E-state index in [9.17, 15) is 5.11 Å². The lowest BCUT2D eigenvalue weighted by Crippen LogP contribution is -2.28. The molecule has 0 saturated carbocycles. The van der Waals surface area contributed by atoms with Crippen LogP contribution in [-0.4, -0.2) is 32.5 Å². The second kappa shape index (κ2) is 6.94. The molecule has 0 aliphatic carbocycles. The number of nitrogens with zero attached hydrogens (tertiary/aromatic N) is 3. The Morgan fingerprint density at radius 2 is 1.96 bits per heavy atom. The molecule has 3 aromatic rings. The fourth-order valence-corrected chi connectivity index (χ4v) is 2.74. The van der Waals surface area contributed by atoms with Gasteiger partial charge >= 0.3 is 0 Å². The number of rotatable bonds is 6. The predicted molar refractivity (Wildman–Crippen MR) is 92.3 cm³/mol. The largest absolute Gasteiger partial charge is 0.387 e. The first-order valence-corrected chi connectivity index (χ1v) is 8.05. The molecule has 2 aromatic heterocycles. The summed E-state index contributed by atoms with van der Waals surface area (Å²) in [6.07, 6.45) is 3.58. The lowest BCUT2D eigenvalue weighted by Gasteiger charge is -2.23. The van der Waals surface area contributed by atoms with E-state index in [2.05, 4.69) is 29.9 Å². The first kappa shape index (κ1) is 15.7. The molecular formula is C19H23N3O. The van der Waals surface area contributed by atoms with Crippen LogP contribution in [-0.2, 0) is 6.54 Å². The second-order valence-electron chi connectivity index (χ2n) is 5.95. The van der Waals surface area contributed by atoms with Gasteiger partial charge < -0.3 is 9.51 Å². The molecule has 1 aromatic carbocycles. The first-order valence-electron chi connectivity index (χ1n) is 8.05. The van der Waals surface area contributed by atoms with Crippen LogP contribution in [0.5, 0.6) is 0 Å². The van der Waals surface area contributed by atoms with E-state index in [4.69, 9.17) is 0 Å². The van der Waals surface area contributed by atoms with Crippen LogP contribution in [0.25, 0.3) is 5.65 Å². The highest BCUT2D eigenvalue weighted by Gasteiger charge is 2.14. The molecule has 0 aliphatic heterocycles. The number of pyridine rings is 1. The number of imidazole rings is 1.